The molecule has 1 atom stereocenters. The van der Waals surface area contributed by atoms with Crippen LogP contribution >= 0.6 is 0 Å². The van der Waals surface area contributed by atoms with E-state index in [2.05, 4.69) is 0 Å². The van der Waals surface area contributed by atoms with E-state index in [1.807, 2.05) is 19.1 Å². The van der Waals surface area contributed by atoms with Crippen LogP contribution in [0.15, 0.2) is 12.1 Å². The summed E-state index contributed by atoms with van der Waals surface area (Å²) >= 11 is 0. The first-order valence-electron chi connectivity index (χ1n) is 5.20. The molecular weight excluding hydrogens is 208 g/mol. The third-order valence-corrected chi connectivity index (χ3v) is 2.85. The Morgan fingerprint density at radius 3 is 2.94 bits per heavy atom. The molecule has 1 aliphatic rings. The van der Waals surface area contributed by atoms with Crippen LogP contribution in [0.5, 0.6) is 11.5 Å². The number of carbonyl (C=O) groups is 1. The third kappa shape index (κ3) is 1.83. The summed E-state index contributed by atoms with van der Waals surface area (Å²) in [6, 6.07) is 3.74. The Bertz CT molecular complexity index is 425. The van der Waals surface area contributed by atoms with Gasteiger partial charge >= 0.3 is 5.97 Å². The molecule has 0 aromatic heterocycles. The van der Waals surface area contributed by atoms with Gasteiger partial charge in [0.05, 0.1) is 5.92 Å². The van der Waals surface area contributed by atoms with E-state index in [9.17, 15) is 4.79 Å². The highest BCUT2D eigenvalue weighted by Gasteiger charge is 2.20. The van der Waals surface area contributed by atoms with Crippen molar-refractivity contribution in [1.82, 2.24) is 0 Å². The molecule has 1 aromatic rings. The zero-order valence-corrected chi connectivity index (χ0v) is 9.32. The molecule has 1 aromatic carbocycles. The number of benzene rings is 1. The average molecular weight is 222 g/mol. The maximum Gasteiger partial charge on any atom is 0.306 e. The van der Waals surface area contributed by atoms with Gasteiger partial charge in [0.15, 0.2) is 11.5 Å². The lowest BCUT2D eigenvalue weighted by atomic mass is 9.97. The molecule has 0 bridgehead atoms. The van der Waals surface area contributed by atoms with E-state index in [4.69, 9.17) is 14.6 Å². The normalized spacial score (nSPS) is 14.9. The number of carboxylic acids is 1. The van der Waals surface area contributed by atoms with Crippen molar-refractivity contribution < 1.29 is 19.4 Å². The van der Waals surface area contributed by atoms with Gasteiger partial charge < -0.3 is 14.6 Å². The van der Waals surface area contributed by atoms with Crippen molar-refractivity contribution in [2.75, 3.05) is 6.79 Å². The zero-order valence-electron chi connectivity index (χ0n) is 9.32. The Balaban J connectivity index is 2.26. The second-order valence-electron chi connectivity index (χ2n) is 4.03. The van der Waals surface area contributed by atoms with Gasteiger partial charge in [-0.15, -0.1) is 0 Å². The molecule has 0 radical (unpaired) electrons. The first-order chi connectivity index (χ1) is 7.59. The Morgan fingerprint density at radius 2 is 2.25 bits per heavy atom. The maximum absolute atomic E-state index is 10.8. The van der Waals surface area contributed by atoms with Crippen LogP contribution in [0.3, 0.4) is 0 Å². The van der Waals surface area contributed by atoms with Gasteiger partial charge in [-0.1, -0.05) is 13.0 Å². The van der Waals surface area contributed by atoms with Crippen molar-refractivity contribution in [3.63, 3.8) is 0 Å². The van der Waals surface area contributed by atoms with Crippen molar-refractivity contribution in [2.45, 2.75) is 20.3 Å². The highest BCUT2D eigenvalue weighted by Crippen LogP contribution is 2.37. The quantitative estimate of drug-likeness (QED) is 0.849. The zero-order chi connectivity index (χ0) is 11.7. The fourth-order valence-electron chi connectivity index (χ4n) is 1.79. The Morgan fingerprint density at radius 1 is 1.50 bits per heavy atom. The van der Waals surface area contributed by atoms with Gasteiger partial charge in [-0.3, -0.25) is 4.79 Å². The van der Waals surface area contributed by atoms with E-state index < -0.39 is 5.97 Å². The molecule has 4 nitrogen and oxygen atoms in total. The minimum absolute atomic E-state index is 0.244. The SMILES string of the molecule is Cc1c(CC(C)C(=O)O)ccc2c1OCO2. The summed E-state index contributed by atoms with van der Waals surface area (Å²) in [5.41, 5.74) is 1.97. The van der Waals surface area contributed by atoms with E-state index in [1.165, 1.54) is 0 Å². The van der Waals surface area contributed by atoms with E-state index >= 15 is 0 Å². The van der Waals surface area contributed by atoms with Crippen molar-refractivity contribution >= 4 is 5.97 Å². The second kappa shape index (κ2) is 4.04. The molecule has 0 spiro atoms. The summed E-state index contributed by atoms with van der Waals surface area (Å²) in [6.45, 7) is 3.87. The lowest BCUT2D eigenvalue weighted by Gasteiger charge is -2.10. The van der Waals surface area contributed by atoms with Gasteiger partial charge in [0.1, 0.15) is 0 Å². The first-order valence-corrected chi connectivity index (χ1v) is 5.20. The molecule has 0 fully saturated rings. The predicted octanol–water partition coefficient (Wildman–Crippen LogP) is 1.99. The van der Waals surface area contributed by atoms with Crippen LogP contribution in [0.2, 0.25) is 0 Å². The smallest absolute Gasteiger partial charge is 0.306 e. The Hall–Kier alpha value is -1.71. The molecule has 1 aliphatic heterocycles. The molecule has 1 heterocycles. The molecule has 16 heavy (non-hydrogen) atoms. The van der Waals surface area contributed by atoms with Crippen LogP contribution < -0.4 is 9.47 Å². The summed E-state index contributed by atoms with van der Waals surface area (Å²) in [6.07, 6.45) is 0.512. The second-order valence-corrected chi connectivity index (χ2v) is 4.03. The van der Waals surface area contributed by atoms with E-state index in [-0.39, 0.29) is 12.7 Å². The minimum atomic E-state index is -0.780. The summed E-state index contributed by atoms with van der Waals surface area (Å²) < 4.78 is 10.6. The van der Waals surface area contributed by atoms with Crippen molar-refractivity contribution in [2.24, 2.45) is 5.92 Å². The Kier molecular flexibility index (Phi) is 2.73. The summed E-state index contributed by atoms with van der Waals surface area (Å²) in [7, 11) is 0. The number of carboxylic acid groups (broad SMARTS) is 1. The average Bonchev–Trinajstić information content (AvgIpc) is 2.70. The minimum Gasteiger partial charge on any atom is -0.481 e. The topological polar surface area (TPSA) is 55.8 Å². The summed E-state index contributed by atoms with van der Waals surface area (Å²) in [4.78, 5) is 10.8. The third-order valence-electron chi connectivity index (χ3n) is 2.85. The first kappa shape index (κ1) is 10.8. The van der Waals surface area contributed by atoms with Gasteiger partial charge in [0.25, 0.3) is 0 Å². The Labute approximate surface area is 93.8 Å². The fourth-order valence-corrected chi connectivity index (χ4v) is 1.79. The van der Waals surface area contributed by atoms with Crippen molar-refractivity contribution in [3.05, 3.63) is 23.3 Å². The van der Waals surface area contributed by atoms with Crippen molar-refractivity contribution in [1.29, 1.82) is 0 Å². The van der Waals surface area contributed by atoms with Crippen LogP contribution in [0, 0.1) is 12.8 Å². The highest BCUT2D eigenvalue weighted by molar-refractivity contribution is 5.70. The number of ether oxygens (including phenoxy) is 2. The van der Waals surface area contributed by atoms with Crippen LogP contribution in [0.25, 0.3) is 0 Å². The van der Waals surface area contributed by atoms with Gasteiger partial charge in [0.2, 0.25) is 6.79 Å². The number of rotatable bonds is 3. The van der Waals surface area contributed by atoms with Crippen LogP contribution in [0.4, 0.5) is 0 Å². The predicted molar refractivity (Wildman–Crippen MR) is 57.8 cm³/mol. The van der Waals surface area contributed by atoms with Crippen LogP contribution in [-0.4, -0.2) is 17.9 Å². The molecule has 0 aliphatic carbocycles. The number of fused-ring (bicyclic) bond motifs is 1. The van der Waals surface area contributed by atoms with E-state index in [0.29, 0.717) is 6.42 Å². The van der Waals surface area contributed by atoms with E-state index in [0.717, 1.165) is 22.6 Å². The molecule has 1 unspecified atom stereocenters. The molecule has 86 valence electrons. The molecule has 0 saturated heterocycles. The number of hydrogen-bond donors (Lipinski definition) is 1. The summed E-state index contributed by atoms with van der Waals surface area (Å²) in [5.74, 6) is 0.315. The van der Waals surface area contributed by atoms with Crippen LogP contribution in [0.1, 0.15) is 18.1 Å². The molecule has 2 rings (SSSR count). The molecular formula is C12H14O4. The standard InChI is InChI=1S/C12H14O4/c1-7(12(13)14)5-9-3-4-10-11(8(9)2)16-6-15-10/h3-4,7H,5-6H2,1-2H3,(H,13,14). The fraction of sp³-hybridized carbons (Fsp3) is 0.417. The van der Waals surface area contributed by atoms with Gasteiger partial charge in [-0.25, -0.2) is 0 Å². The maximum atomic E-state index is 10.8. The molecule has 1 N–H and O–H groups in total. The molecule has 0 amide bonds. The highest BCUT2D eigenvalue weighted by atomic mass is 16.7. The molecule has 4 heteroatoms. The van der Waals surface area contributed by atoms with Gasteiger partial charge in [-0.05, 0) is 30.5 Å². The lowest BCUT2D eigenvalue weighted by Crippen LogP contribution is -2.12. The van der Waals surface area contributed by atoms with Gasteiger partial charge in [0, 0.05) is 0 Å². The monoisotopic (exact) mass is 222 g/mol. The van der Waals surface area contributed by atoms with Crippen molar-refractivity contribution in [3.8, 4) is 11.5 Å². The lowest BCUT2D eigenvalue weighted by molar-refractivity contribution is -0.141. The number of aliphatic carboxylic acids is 1. The summed E-state index contributed by atoms with van der Waals surface area (Å²) in [5, 5.41) is 8.87. The van der Waals surface area contributed by atoms with E-state index in [1.54, 1.807) is 6.92 Å². The molecule has 0 saturated carbocycles. The largest absolute Gasteiger partial charge is 0.481 e. The van der Waals surface area contributed by atoms with Crippen LogP contribution in [-0.2, 0) is 11.2 Å². The van der Waals surface area contributed by atoms with Gasteiger partial charge in [-0.2, -0.15) is 0 Å². The number of hydrogen-bond acceptors (Lipinski definition) is 3.